The van der Waals surface area contributed by atoms with Gasteiger partial charge in [-0.2, -0.15) is 0 Å². The van der Waals surface area contributed by atoms with Crippen LogP contribution >= 0.6 is 23.2 Å². The smallest absolute Gasteiger partial charge is 0.253 e. The molecule has 53 heavy (non-hydrogen) atoms. The minimum Gasteiger partial charge on any atom is -0.391 e. The summed E-state index contributed by atoms with van der Waals surface area (Å²) in [6.07, 6.45) is 6.90. The third-order valence-corrected chi connectivity index (χ3v) is 11.1. The number of hydrogen-bond acceptors (Lipinski definition) is 12. The first-order valence-corrected chi connectivity index (χ1v) is 19.0. The Hall–Kier alpha value is -3.95. The first-order chi connectivity index (χ1) is 25.8. The molecule has 3 atom stereocenters. The quantitative estimate of drug-likeness (QED) is 0.288. The molecule has 4 saturated heterocycles. The molecule has 0 saturated carbocycles. The molecule has 0 aliphatic carbocycles. The summed E-state index contributed by atoms with van der Waals surface area (Å²) in [5.41, 5.74) is 1.29. The fourth-order valence-electron chi connectivity index (χ4n) is 7.83. The van der Waals surface area contributed by atoms with Gasteiger partial charge in [0.2, 0.25) is 11.9 Å². The van der Waals surface area contributed by atoms with Gasteiger partial charge in [0.1, 0.15) is 11.8 Å². The summed E-state index contributed by atoms with van der Waals surface area (Å²) in [5, 5.41) is 22.4. The molecule has 4 fully saturated rings. The summed E-state index contributed by atoms with van der Waals surface area (Å²) < 4.78 is 0. The molecule has 4 aliphatic rings. The van der Waals surface area contributed by atoms with E-state index in [1.807, 2.05) is 21.9 Å². The number of β-amino-alcohol motifs (C(OH)–C–C–N with tert-alkyl or cyclic N) is 2. The van der Waals surface area contributed by atoms with E-state index < -0.39 is 11.8 Å². The van der Waals surface area contributed by atoms with Crippen LogP contribution in [0, 0.1) is 0 Å². The Morgan fingerprint density at radius 3 is 1.75 bits per heavy atom. The number of piperazine rings is 2. The van der Waals surface area contributed by atoms with Crippen molar-refractivity contribution in [1.29, 1.82) is 0 Å². The Labute approximate surface area is 320 Å². The summed E-state index contributed by atoms with van der Waals surface area (Å²) in [6, 6.07) is 18.7. The van der Waals surface area contributed by atoms with Crippen molar-refractivity contribution >= 4 is 41.0 Å². The number of anilines is 2. The van der Waals surface area contributed by atoms with Gasteiger partial charge in [-0.3, -0.25) is 19.5 Å². The van der Waals surface area contributed by atoms with E-state index in [0.717, 1.165) is 50.7 Å². The third kappa shape index (κ3) is 8.73. The van der Waals surface area contributed by atoms with Gasteiger partial charge in [-0.1, -0.05) is 35.3 Å². The Balaban J connectivity index is 0.000000306. The maximum atomic E-state index is 13.2. The van der Waals surface area contributed by atoms with Gasteiger partial charge in [0.15, 0.2) is 0 Å². The SMILES string of the molecule is O=C(c1ccc(Cl)cc1)N1CCN(C2(N3CCN(Cc4ccc(Cl)cc4)CC3)CN(c3ncccn3)CC2O)CC1.OC1CCN(c2ncccn2)C1. The van der Waals surface area contributed by atoms with Crippen molar-refractivity contribution in [2.75, 3.05) is 88.3 Å². The van der Waals surface area contributed by atoms with Crippen molar-refractivity contribution in [3.8, 4) is 0 Å². The van der Waals surface area contributed by atoms with Crippen molar-refractivity contribution in [3.63, 3.8) is 0 Å². The van der Waals surface area contributed by atoms with Gasteiger partial charge < -0.3 is 24.9 Å². The molecule has 1 amide bonds. The molecule has 4 aliphatic heterocycles. The fourth-order valence-corrected chi connectivity index (χ4v) is 8.08. The zero-order valence-corrected chi connectivity index (χ0v) is 31.2. The van der Waals surface area contributed by atoms with E-state index in [2.05, 4.69) is 51.7 Å². The largest absolute Gasteiger partial charge is 0.391 e. The summed E-state index contributed by atoms with van der Waals surface area (Å²) in [7, 11) is 0. The molecule has 0 bridgehead atoms. The number of aliphatic hydroxyl groups is 2. The number of rotatable bonds is 7. The van der Waals surface area contributed by atoms with Crippen LogP contribution in [-0.2, 0) is 6.54 Å². The number of aromatic nitrogens is 4. The molecular formula is C38H46Cl2N10O3. The Bertz CT molecular complexity index is 1760. The summed E-state index contributed by atoms with van der Waals surface area (Å²) in [6.45, 7) is 9.42. The average Bonchev–Trinajstić information content (AvgIpc) is 3.80. The first kappa shape index (κ1) is 37.4. The minimum atomic E-state index is -0.618. The normalized spacial score (nSPS) is 24.3. The number of hydrogen-bond donors (Lipinski definition) is 2. The van der Waals surface area contributed by atoms with Crippen molar-refractivity contribution in [3.05, 3.63) is 107 Å². The Kier molecular flexibility index (Phi) is 12.0. The lowest BCUT2D eigenvalue weighted by Crippen LogP contribution is -2.72. The molecule has 0 radical (unpaired) electrons. The standard InChI is InChI=1S/C30H35Cl2N7O2.C8H11N3O/c31-25-6-2-23(3-7-25)20-35-12-16-38(17-13-35)30(22-37(21-27(30)40)29-33-10-1-11-34-29)39-18-14-36(15-19-39)28(41)24-4-8-26(32)9-5-24;12-7-2-5-11(6-7)8-9-3-1-4-10-8/h1-11,27,40H,12-22H2;1,3-4,7,12H,2,5-6H2. The number of carbonyl (C=O) groups is 1. The molecule has 15 heteroatoms. The van der Waals surface area contributed by atoms with Gasteiger partial charge in [0.25, 0.3) is 5.91 Å². The van der Waals surface area contributed by atoms with Crippen LogP contribution in [0.1, 0.15) is 22.3 Å². The average molecular weight is 762 g/mol. The molecule has 2 aromatic carbocycles. The predicted octanol–water partition coefficient (Wildman–Crippen LogP) is 2.98. The van der Waals surface area contributed by atoms with Crippen LogP contribution in [0.3, 0.4) is 0 Å². The molecule has 2 aromatic heterocycles. The van der Waals surface area contributed by atoms with Crippen LogP contribution in [0.2, 0.25) is 10.0 Å². The lowest BCUT2D eigenvalue weighted by atomic mass is 9.98. The lowest BCUT2D eigenvalue weighted by molar-refractivity contribution is -0.131. The van der Waals surface area contributed by atoms with Gasteiger partial charge in [0.05, 0.1) is 19.2 Å². The maximum absolute atomic E-state index is 13.2. The summed E-state index contributed by atoms with van der Waals surface area (Å²) in [4.78, 5) is 43.6. The molecule has 6 heterocycles. The van der Waals surface area contributed by atoms with E-state index in [1.165, 1.54) is 5.56 Å². The van der Waals surface area contributed by atoms with Crippen molar-refractivity contribution in [2.24, 2.45) is 0 Å². The lowest BCUT2D eigenvalue weighted by Gasteiger charge is -2.54. The zero-order chi connectivity index (χ0) is 36.8. The van der Waals surface area contributed by atoms with Gasteiger partial charge in [-0.15, -0.1) is 0 Å². The van der Waals surface area contributed by atoms with E-state index in [-0.39, 0.29) is 12.0 Å². The number of carbonyl (C=O) groups excluding carboxylic acids is 1. The molecule has 280 valence electrons. The second kappa shape index (κ2) is 17.0. The van der Waals surface area contributed by atoms with Crippen molar-refractivity contribution in [1.82, 2.24) is 39.5 Å². The monoisotopic (exact) mass is 760 g/mol. The molecule has 3 unspecified atom stereocenters. The summed E-state index contributed by atoms with van der Waals surface area (Å²) in [5.74, 6) is 1.36. The second-order valence-corrected chi connectivity index (χ2v) is 14.8. The molecule has 8 rings (SSSR count). The van der Waals surface area contributed by atoms with Gasteiger partial charge >= 0.3 is 0 Å². The predicted molar refractivity (Wildman–Crippen MR) is 205 cm³/mol. The van der Waals surface area contributed by atoms with Gasteiger partial charge in [0, 0.05) is 112 Å². The Morgan fingerprint density at radius 1 is 0.679 bits per heavy atom. The maximum Gasteiger partial charge on any atom is 0.253 e. The van der Waals surface area contributed by atoms with E-state index in [9.17, 15) is 15.0 Å². The molecule has 2 N–H and O–H groups in total. The fraction of sp³-hybridized carbons (Fsp3) is 0.447. The number of aliphatic hydroxyl groups excluding tert-OH is 2. The number of nitrogens with zero attached hydrogens (tertiary/aromatic N) is 10. The van der Waals surface area contributed by atoms with Gasteiger partial charge in [-0.05, 0) is 60.5 Å². The molecule has 13 nitrogen and oxygen atoms in total. The van der Waals surface area contributed by atoms with Crippen molar-refractivity contribution < 1.29 is 15.0 Å². The summed E-state index contributed by atoms with van der Waals surface area (Å²) >= 11 is 12.1. The topological polar surface area (TPSA) is 129 Å². The van der Waals surface area contributed by atoms with Crippen LogP contribution < -0.4 is 9.80 Å². The third-order valence-electron chi connectivity index (χ3n) is 10.6. The van der Waals surface area contributed by atoms with E-state index >= 15 is 0 Å². The number of benzene rings is 2. The second-order valence-electron chi connectivity index (χ2n) is 13.9. The highest BCUT2D eigenvalue weighted by molar-refractivity contribution is 6.30. The number of halogens is 2. The van der Waals surface area contributed by atoms with Crippen LogP contribution in [0.15, 0.2) is 85.5 Å². The van der Waals surface area contributed by atoms with Crippen LogP contribution in [0.4, 0.5) is 11.9 Å². The minimum absolute atomic E-state index is 0.0115. The highest BCUT2D eigenvalue weighted by Crippen LogP contribution is 2.36. The highest BCUT2D eigenvalue weighted by atomic mass is 35.5. The van der Waals surface area contributed by atoms with Crippen LogP contribution in [-0.4, -0.2) is 152 Å². The molecule has 0 spiro atoms. The van der Waals surface area contributed by atoms with Crippen LogP contribution in [0.25, 0.3) is 0 Å². The number of amides is 1. The van der Waals surface area contributed by atoms with Crippen LogP contribution in [0.5, 0.6) is 0 Å². The van der Waals surface area contributed by atoms with E-state index in [4.69, 9.17) is 23.2 Å². The van der Waals surface area contributed by atoms with E-state index in [1.54, 1.807) is 61.2 Å². The zero-order valence-electron chi connectivity index (χ0n) is 29.7. The molecule has 4 aromatic rings. The molecular weight excluding hydrogens is 715 g/mol. The van der Waals surface area contributed by atoms with Crippen molar-refractivity contribution in [2.45, 2.75) is 30.8 Å². The van der Waals surface area contributed by atoms with Gasteiger partial charge in [-0.25, -0.2) is 19.9 Å². The first-order valence-electron chi connectivity index (χ1n) is 18.2. The Morgan fingerprint density at radius 2 is 1.21 bits per heavy atom. The highest BCUT2D eigenvalue weighted by Gasteiger charge is 2.55. The van der Waals surface area contributed by atoms with E-state index in [0.29, 0.717) is 68.3 Å².